The molecular weight excluding hydrogens is 278 g/mol. The summed E-state index contributed by atoms with van der Waals surface area (Å²) in [6.07, 6.45) is 0.778. The van der Waals surface area contributed by atoms with Gasteiger partial charge in [0, 0.05) is 18.6 Å². The molecule has 0 aliphatic rings. The zero-order chi connectivity index (χ0) is 14.7. The van der Waals surface area contributed by atoms with Gasteiger partial charge in [-0.15, -0.1) is 0 Å². The molecule has 106 valence electrons. The van der Waals surface area contributed by atoms with Crippen molar-refractivity contribution in [3.63, 3.8) is 0 Å². The van der Waals surface area contributed by atoms with Gasteiger partial charge in [0.15, 0.2) is 0 Å². The monoisotopic (exact) mass is 293 g/mol. The van der Waals surface area contributed by atoms with Gasteiger partial charge >= 0.3 is 5.97 Å². The van der Waals surface area contributed by atoms with Crippen LogP contribution in [0.2, 0.25) is 5.02 Å². The van der Waals surface area contributed by atoms with Crippen molar-refractivity contribution >= 4 is 23.4 Å². The Labute approximate surface area is 122 Å². The number of hydrogen-bond acceptors (Lipinski definition) is 3. The number of carbonyl (C=O) groups is 1. The molecule has 2 N–H and O–H groups in total. The van der Waals surface area contributed by atoms with Gasteiger partial charge in [-0.3, -0.25) is 4.68 Å². The molecule has 0 radical (unpaired) electrons. The van der Waals surface area contributed by atoms with Gasteiger partial charge in [-0.1, -0.05) is 23.7 Å². The summed E-state index contributed by atoms with van der Waals surface area (Å²) in [4.78, 5) is 11.2. The van der Waals surface area contributed by atoms with Gasteiger partial charge in [-0.05, 0) is 31.0 Å². The second-order valence-electron chi connectivity index (χ2n) is 4.54. The summed E-state index contributed by atoms with van der Waals surface area (Å²) in [5, 5.41) is 17.2. The van der Waals surface area contributed by atoms with E-state index in [0.717, 1.165) is 12.0 Å². The van der Waals surface area contributed by atoms with Gasteiger partial charge in [0.25, 0.3) is 0 Å². The number of anilines is 1. The summed E-state index contributed by atoms with van der Waals surface area (Å²) in [5.41, 5.74) is 1.87. The van der Waals surface area contributed by atoms with E-state index < -0.39 is 5.97 Å². The molecule has 1 aromatic carbocycles. The first kappa shape index (κ1) is 14.4. The maximum Gasteiger partial charge on any atom is 0.341 e. The van der Waals surface area contributed by atoms with Gasteiger partial charge in [-0.2, -0.15) is 5.10 Å². The fourth-order valence-electron chi connectivity index (χ4n) is 2.09. The van der Waals surface area contributed by atoms with Crippen LogP contribution in [0.15, 0.2) is 24.3 Å². The Kier molecular flexibility index (Phi) is 4.29. The quantitative estimate of drug-likeness (QED) is 0.889. The number of aromatic nitrogens is 2. The Morgan fingerprint density at radius 3 is 2.65 bits per heavy atom. The Bertz CT molecular complexity index is 620. The van der Waals surface area contributed by atoms with E-state index in [4.69, 9.17) is 11.6 Å². The fourth-order valence-corrected chi connectivity index (χ4v) is 2.22. The summed E-state index contributed by atoms with van der Waals surface area (Å²) >= 11 is 5.83. The molecule has 0 unspecified atom stereocenters. The lowest BCUT2D eigenvalue weighted by Gasteiger charge is -2.08. The lowest BCUT2D eigenvalue weighted by atomic mass is 10.1. The highest BCUT2D eigenvalue weighted by Crippen LogP contribution is 2.18. The molecule has 2 rings (SSSR count). The Hall–Kier alpha value is -2.01. The minimum Gasteiger partial charge on any atom is -0.477 e. The molecule has 0 amide bonds. The molecule has 5 nitrogen and oxygen atoms in total. The van der Waals surface area contributed by atoms with Crippen LogP contribution in [0.25, 0.3) is 0 Å². The fraction of sp³-hybridized carbons (Fsp3) is 0.286. The van der Waals surface area contributed by atoms with E-state index in [2.05, 4.69) is 10.4 Å². The smallest absolute Gasteiger partial charge is 0.341 e. The number of carboxylic acid groups (broad SMARTS) is 1. The molecule has 6 heteroatoms. The maximum absolute atomic E-state index is 11.2. The predicted molar refractivity (Wildman–Crippen MR) is 78.6 cm³/mol. The SMILES string of the molecule is Cc1nn(C)c(NCCc2ccc(Cl)cc2)c1C(=O)O. The molecule has 0 fully saturated rings. The highest BCUT2D eigenvalue weighted by molar-refractivity contribution is 6.30. The van der Waals surface area contributed by atoms with E-state index in [-0.39, 0.29) is 5.56 Å². The Morgan fingerprint density at radius 2 is 2.05 bits per heavy atom. The van der Waals surface area contributed by atoms with Crippen LogP contribution in [-0.4, -0.2) is 27.4 Å². The van der Waals surface area contributed by atoms with Gasteiger partial charge in [-0.25, -0.2) is 4.79 Å². The number of rotatable bonds is 5. The second kappa shape index (κ2) is 5.96. The molecule has 0 spiro atoms. The van der Waals surface area contributed by atoms with Gasteiger partial charge < -0.3 is 10.4 Å². The molecule has 2 aromatic rings. The van der Waals surface area contributed by atoms with E-state index in [1.165, 1.54) is 0 Å². The third-order valence-electron chi connectivity index (χ3n) is 3.06. The third-order valence-corrected chi connectivity index (χ3v) is 3.31. The van der Waals surface area contributed by atoms with E-state index in [0.29, 0.717) is 23.1 Å². The highest BCUT2D eigenvalue weighted by Gasteiger charge is 2.18. The van der Waals surface area contributed by atoms with Crippen LogP contribution >= 0.6 is 11.6 Å². The standard InChI is InChI=1S/C14H16ClN3O2/c1-9-12(14(19)20)13(18(2)17-9)16-8-7-10-3-5-11(15)6-4-10/h3-6,16H,7-8H2,1-2H3,(H,19,20). The first-order valence-corrected chi connectivity index (χ1v) is 6.62. The normalized spacial score (nSPS) is 10.6. The Morgan fingerprint density at radius 1 is 1.40 bits per heavy atom. The third kappa shape index (κ3) is 3.11. The number of halogens is 1. The van der Waals surface area contributed by atoms with Gasteiger partial charge in [0.2, 0.25) is 0 Å². The molecule has 0 aliphatic heterocycles. The lowest BCUT2D eigenvalue weighted by Crippen LogP contribution is -2.12. The van der Waals surface area contributed by atoms with Crippen molar-refractivity contribution in [3.8, 4) is 0 Å². The van der Waals surface area contributed by atoms with Crippen molar-refractivity contribution < 1.29 is 9.90 Å². The molecule has 0 saturated carbocycles. The number of nitrogens with one attached hydrogen (secondary N) is 1. The maximum atomic E-state index is 11.2. The topological polar surface area (TPSA) is 67.2 Å². The van der Waals surface area contributed by atoms with Crippen LogP contribution in [0, 0.1) is 6.92 Å². The number of nitrogens with zero attached hydrogens (tertiary/aromatic N) is 2. The zero-order valence-electron chi connectivity index (χ0n) is 11.4. The first-order chi connectivity index (χ1) is 9.49. The molecule has 0 saturated heterocycles. The summed E-state index contributed by atoms with van der Waals surface area (Å²) in [6, 6.07) is 7.59. The van der Waals surface area contributed by atoms with Crippen LogP contribution in [0.3, 0.4) is 0 Å². The molecule has 1 heterocycles. The minimum absolute atomic E-state index is 0.226. The van der Waals surface area contributed by atoms with E-state index in [1.807, 2.05) is 24.3 Å². The Balaban J connectivity index is 2.04. The van der Waals surface area contributed by atoms with E-state index >= 15 is 0 Å². The van der Waals surface area contributed by atoms with Crippen molar-refractivity contribution in [3.05, 3.63) is 46.1 Å². The van der Waals surface area contributed by atoms with Crippen molar-refractivity contribution in [1.29, 1.82) is 0 Å². The number of hydrogen-bond donors (Lipinski definition) is 2. The van der Waals surface area contributed by atoms with Gasteiger partial charge in [0.1, 0.15) is 11.4 Å². The molecule has 0 aliphatic carbocycles. The van der Waals surface area contributed by atoms with E-state index in [1.54, 1.807) is 18.7 Å². The van der Waals surface area contributed by atoms with Crippen LogP contribution in [0.1, 0.15) is 21.6 Å². The lowest BCUT2D eigenvalue weighted by molar-refractivity contribution is 0.0697. The van der Waals surface area contributed by atoms with Gasteiger partial charge in [0.05, 0.1) is 5.69 Å². The van der Waals surface area contributed by atoms with E-state index in [9.17, 15) is 9.90 Å². The van der Waals surface area contributed by atoms with Crippen molar-refractivity contribution in [2.75, 3.05) is 11.9 Å². The number of carboxylic acids is 1. The van der Waals surface area contributed by atoms with Crippen LogP contribution in [0.4, 0.5) is 5.82 Å². The average molecular weight is 294 g/mol. The van der Waals surface area contributed by atoms with Crippen molar-refractivity contribution in [2.45, 2.75) is 13.3 Å². The van der Waals surface area contributed by atoms with Crippen LogP contribution in [0.5, 0.6) is 0 Å². The number of benzene rings is 1. The molecule has 20 heavy (non-hydrogen) atoms. The zero-order valence-corrected chi connectivity index (χ0v) is 12.1. The molecular formula is C14H16ClN3O2. The number of aryl methyl sites for hydroxylation is 2. The summed E-state index contributed by atoms with van der Waals surface area (Å²) < 4.78 is 1.56. The molecule has 0 bridgehead atoms. The second-order valence-corrected chi connectivity index (χ2v) is 4.98. The van der Waals surface area contributed by atoms with Crippen LogP contribution < -0.4 is 5.32 Å². The summed E-state index contributed by atoms with van der Waals surface area (Å²) in [5.74, 6) is -0.437. The van der Waals surface area contributed by atoms with Crippen LogP contribution in [-0.2, 0) is 13.5 Å². The largest absolute Gasteiger partial charge is 0.477 e. The van der Waals surface area contributed by atoms with Crippen molar-refractivity contribution in [2.24, 2.45) is 7.05 Å². The summed E-state index contributed by atoms with van der Waals surface area (Å²) in [6.45, 7) is 2.31. The molecule has 1 aromatic heterocycles. The van der Waals surface area contributed by atoms with Crippen molar-refractivity contribution in [1.82, 2.24) is 9.78 Å². The predicted octanol–water partition coefficient (Wildman–Crippen LogP) is 2.73. The number of aromatic carboxylic acids is 1. The summed E-state index contributed by atoms with van der Waals surface area (Å²) in [7, 11) is 1.73. The minimum atomic E-state index is -0.968. The molecule has 0 atom stereocenters. The highest BCUT2D eigenvalue weighted by atomic mass is 35.5. The first-order valence-electron chi connectivity index (χ1n) is 6.24. The average Bonchev–Trinajstić information content (AvgIpc) is 2.66.